The van der Waals surface area contributed by atoms with E-state index in [-0.39, 0.29) is 117 Å². The third-order valence-electron chi connectivity index (χ3n) is 11.9. The number of benzene rings is 3. The number of rotatable bonds is 32. The molecular formula is C60H62O22. The van der Waals surface area contributed by atoms with E-state index in [4.69, 9.17) is 56.8 Å². The summed E-state index contributed by atoms with van der Waals surface area (Å²) in [7, 11) is 0. The maximum atomic E-state index is 13.5. The smallest absolute Gasteiger partial charge is 0.343 e. The van der Waals surface area contributed by atoms with Crippen molar-refractivity contribution in [3.05, 3.63) is 152 Å². The molecule has 0 bridgehead atoms. The van der Waals surface area contributed by atoms with Crippen LogP contribution in [0.5, 0.6) is 28.7 Å². The Balaban J connectivity index is 1.18. The van der Waals surface area contributed by atoms with Crippen LogP contribution in [-0.2, 0) is 66.7 Å². The SMILES string of the molecule is C=CC(=O)OCCCCOc1ccc(C(=O)Oc2ccc(OC(=O)C3CCC(C(=O)Oc4ccc(OC(=O)C5=CCC(OCCCCOC(=O)C=C)C=C5)c(C(=O)OCCOC(=O)C=C)c4)CC3)cc2C(=O)OCCOC(=O)C=C)cc1. The standard InChI is InChI=1S/C60H62O22/c1-5-51(61)73-31-11-9-29-71-43-21-17-41(18-22-43)57(67)81-49-27-25-45(37-47(49)59(69)77-35-33-75-53(63)7-3)79-55(65)39-13-15-40(16-14-39)56(66)80-46-26-28-50(48(38-46)60(70)78-36-34-76-54(64)8-4)82-58(68)42-19-23-44(24-20-42)72-30-10-12-32-74-52(62)6-2/h5-8,17-23,25-28,37-40,44H,1-4,9-16,24,29-36H2. The van der Waals surface area contributed by atoms with Crippen LogP contribution in [0.3, 0.4) is 0 Å². The number of unbranched alkanes of at least 4 members (excludes halogenated alkanes) is 2. The molecule has 3 aromatic carbocycles. The van der Waals surface area contributed by atoms with Crippen LogP contribution in [0, 0.1) is 11.8 Å². The molecule has 0 heterocycles. The lowest BCUT2D eigenvalue weighted by atomic mass is 9.82. The van der Waals surface area contributed by atoms with Crippen molar-refractivity contribution in [1.82, 2.24) is 0 Å². The summed E-state index contributed by atoms with van der Waals surface area (Å²) in [6.45, 7) is 13.1. The van der Waals surface area contributed by atoms with Gasteiger partial charge in [0.15, 0.2) is 0 Å². The summed E-state index contributed by atoms with van der Waals surface area (Å²) in [5.74, 6) is -9.10. The lowest BCUT2D eigenvalue weighted by Gasteiger charge is -2.26. The highest BCUT2D eigenvalue weighted by Crippen LogP contribution is 2.34. The molecule has 0 radical (unpaired) electrons. The second kappa shape index (κ2) is 33.9. The van der Waals surface area contributed by atoms with Gasteiger partial charge in [0.05, 0.1) is 48.9 Å². The second-order valence-electron chi connectivity index (χ2n) is 17.7. The van der Waals surface area contributed by atoms with Crippen molar-refractivity contribution in [3.8, 4) is 28.7 Å². The van der Waals surface area contributed by atoms with Crippen LogP contribution < -0.4 is 23.7 Å². The zero-order valence-corrected chi connectivity index (χ0v) is 44.9. The molecule has 0 spiro atoms. The molecule has 5 rings (SSSR count). The molecular weight excluding hydrogens is 1070 g/mol. The average molecular weight is 1140 g/mol. The van der Waals surface area contributed by atoms with Gasteiger partial charge in [-0.2, -0.15) is 0 Å². The number of carbonyl (C=O) groups is 10. The Kier molecular flexibility index (Phi) is 26.2. The Morgan fingerprint density at radius 3 is 1.30 bits per heavy atom. The molecule has 82 heavy (non-hydrogen) atoms. The van der Waals surface area contributed by atoms with Gasteiger partial charge >= 0.3 is 59.7 Å². The van der Waals surface area contributed by atoms with E-state index >= 15 is 0 Å². The van der Waals surface area contributed by atoms with Crippen molar-refractivity contribution in [1.29, 1.82) is 0 Å². The molecule has 0 N–H and O–H groups in total. The summed E-state index contributed by atoms with van der Waals surface area (Å²) in [4.78, 5) is 126. The molecule has 0 amide bonds. The fourth-order valence-electron chi connectivity index (χ4n) is 7.61. The van der Waals surface area contributed by atoms with Crippen LogP contribution >= 0.6 is 0 Å². The molecule has 1 saturated carbocycles. The lowest BCUT2D eigenvalue weighted by molar-refractivity contribution is -0.145. The van der Waals surface area contributed by atoms with Crippen LogP contribution in [-0.4, -0.2) is 119 Å². The number of hydrogen-bond acceptors (Lipinski definition) is 22. The summed E-state index contributed by atoms with van der Waals surface area (Å²) in [6, 6.07) is 13.4. The van der Waals surface area contributed by atoms with E-state index < -0.39 is 71.5 Å². The molecule has 1 fully saturated rings. The van der Waals surface area contributed by atoms with Gasteiger partial charge in [0.1, 0.15) is 66.3 Å². The molecule has 434 valence electrons. The normalized spacial score (nSPS) is 15.1. The highest BCUT2D eigenvalue weighted by atomic mass is 16.6. The highest BCUT2D eigenvalue weighted by molar-refractivity contribution is 5.98. The zero-order valence-electron chi connectivity index (χ0n) is 44.9. The van der Waals surface area contributed by atoms with E-state index in [1.165, 1.54) is 42.5 Å². The molecule has 0 saturated heterocycles. The van der Waals surface area contributed by atoms with Crippen molar-refractivity contribution in [3.63, 3.8) is 0 Å². The number of ether oxygens (including phenoxy) is 12. The minimum Gasteiger partial charge on any atom is -0.494 e. The van der Waals surface area contributed by atoms with Gasteiger partial charge in [-0.1, -0.05) is 38.5 Å². The average Bonchev–Trinajstić information content (AvgIpc) is 3.49. The summed E-state index contributed by atoms with van der Waals surface area (Å²) in [5.41, 5.74) is -0.315. The minimum atomic E-state index is -1.00. The Labute approximate surface area is 472 Å². The van der Waals surface area contributed by atoms with E-state index in [9.17, 15) is 47.9 Å². The van der Waals surface area contributed by atoms with Crippen LogP contribution in [0.25, 0.3) is 0 Å². The molecule has 22 heteroatoms. The predicted octanol–water partition coefficient (Wildman–Crippen LogP) is 7.57. The monoisotopic (exact) mass is 1130 g/mol. The topological polar surface area (TPSA) is 281 Å². The van der Waals surface area contributed by atoms with Crippen molar-refractivity contribution >= 4 is 59.7 Å². The first-order valence-electron chi connectivity index (χ1n) is 26.0. The van der Waals surface area contributed by atoms with Crippen molar-refractivity contribution in [2.24, 2.45) is 11.8 Å². The van der Waals surface area contributed by atoms with Crippen molar-refractivity contribution < 1.29 is 105 Å². The Bertz CT molecular complexity index is 2890. The van der Waals surface area contributed by atoms with E-state index in [1.807, 2.05) is 0 Å². The summed E-state index contributed by atoms with van der Waals surface area (Å²) < 4.78 is 64.3. The minimum absolute atomic E-state index is 0.0916. The van der Waals surface area contributed by atoms with E-state index in [0.29, 0.717) is 51.1 Å². The molecule has 3 aromatic rings. The van der Waals surface area contributed by atoms with Crippen LogP contribution in [0.4, 0.5) is 0 Å². The molecule has 1 atom stereocenters. The Morgan fingerprint density at radius 2 is 0.854 bits per heavy atom. The molecule has 2 aliphatic rings. The van der Waals surface area contributed by atoms with Gasteiger partial charge in [0.25, 0.3) is 0 Å². The van der Waals surface area contributed by atoms with Gasteiger partial charge in [-0.15, -0.1) is 0 Å². The highest BCUT2D eigenvalue weighted by Gasteiger charge is 2.33. The van der Waals surface area contributed by atoms with E-state index in [2.05, 4.69) is 26.3 Å². The molecule has 0 aliphatic heterocycles. The van der Waals surface area contributed by atoms with Gasteiger partial charge in [-0.3, -0.25) is 9.59 Å². The Morgan fingerprint density at radius 1 is 0.439 bits per heavy atom. The van der Waals surface area contributed by atoms with Gasteiger partial charge < -0.3 is 56.8 Å². The fourth-order valence-corrected chi connectivity index (χ4v) is 7.61. The first kappa shape index (κ1) is 63.4. The van der Waals surface area contributed by atoms with Crippen LogP contribution in [0.15, 0.2) is 135 Å². The molecule has 1 unspecified atom stereocenters. The summed E-state index contributed by atoms with van der Waals surface area (Å²) >= 11 is 0. The van der Waals surface area contributed by atoms with E-state index in [0.717, 1.165) is 36.4 Å². The molecule has 0 aromatic heterocycles. The number of hydrogen-bond donors (Lipinski definition) is 0. The van der Waals surface area contributed by atoms with Crippen LogP contribution in [0.2, 0.25) is 0 Å². The third kappa shape index (κ3) is 21.3. The number of esters is 10. The second-order valence-corrected chi connectivity index (χ2v) is 17.7. The third-order valence-corrected chi connectivity index (χ3v) is 11.9. The van der Waals surface area contributed by atoms with Gasteiger partial charge in [0.2, 0.25) is 0 Å². The van der Waals surface area contributed by atoms with E-state index in [1.54, 1.807) is 24.3 Å². The largest absolute Gasteiger partial charge is 0.494 e. The van der Waals surface area contributed by atoms with Gasteiger partial charge in [-0.25, -0.2) is 38.4 Å². The van der Waals surface area contributed by atoms with Crippen molar-refractivity contribution in [2.45, 2.75) is 63.9 Å². The zero-order chi connectivity index (χ0) is 59.2. The van der Waals surface area contributed by atoms with Gasteiger partial charge in [-0.05, 0) is 125 Å². The quantitative estimate of drug-likeness (QED) is 0.0191. The predicted molar refractivity (Wildman–Crippen MR) is 287 cm³/mol. The lowest BCUT2D eigenvalue weighted by Crippen LogP contribution is -2.30. The molecule has 2 aliphatic carbocycles. The first-order valence-corrected chi connectivity index (χ1v) is 26.0. The van der Waals surface area contributed by atoms with Crippen molar-refractivity contribution in [2.75, 3.05) is 52.9 Å². The maximum Gasteiger partial charge on any atom is 0.343 e. The summed E-state index contributed by atoms with van der Waals surface area (Å²) in [5, 5.41) is 0. The van der Waals surface area contributed by atoms with Gasteiger partial charge in [0, 0.05) is 30.9 Å². The molecule has 22 nitrogen and oxygen atoms in total. The first-order chi connectivity index (χ1) is 39.6. The van der Waals surface area contributed by atoms with Crippen LogP contribution in [0.1, 0.15) is 88.9 Å². The fraction of sp³-hybridized carbons (Fsp3) is 0.333. The summed E-state index contributed by atoms with van der Waals surface area (Å²) in [6.07, 6.45) is 12.0. The number of carbonyl (C=O) groups excluding carboxylic acids is 10. The Hall–Kier alpha value is -9.44. The maximum absolute atomic E-state index is 13.5.